The van der Waals surface area contributed by atoms with E-state index in [1.54, 1.807) is 0 Å². The summed E-state index contributed by atoms with van der Waals surface area (Å²) in [5, 5.41) is 12.0. The smallest absolute Gasteiger partial charge is 0.141 e. The molecule has 0 amide bonds. The van der Waals surface area contributed by atoms with Crippen molar-refractivity contribution in [2.45, 2.75) is 18.9 Å². The van der Waals surface area contributed by atoms with Gasteiger partial charge >= 0.3 is 0 Å². The minimum absolute atomic E-state index is 0.179. The zero-order chi connectivity index (χ0) is 14.4. The Morgan fingerprint density at radius 2 is 2.00 bits per heavy atom. The number of nitrogens with two attached hydrogens (primary N) is 1. The van der Waals surface area contributed by atoms with Crippen LogP contribution >= 0.6 is 0 Å². The first-order valence-corrected chi connectivity index (χ1v) is 7.14. The fourth-order valence-electron chi connectivity index (χ4n) is 2.75. The summed E-state index contributed by atoms with van der Waals surface area (Å²) in [6.45, 7) is 4.23. The molecule has 2 rings (SSSR count). The molecule has 1 aromatic carbocycles. The average Bonchev–Trinajstić information content (AvgIpc) is 2.70. The molecule has 1 unspecified atom stereocenters. The van der Waals surface area contributed by atoms with Crippen molar-refractivity contribution in [3.63, 3.8) is 0 Å². The highest BCUT2D eigenvalue weighted by atomic mass is 16.4. The molecule has 0 saturated carbocycles. The number of benzene rings is 1. The fraction of sp³-hybridized carbons (Fsp3) is 0.533. The molecule has 1 atom stereocenters. The molecule has 0 aliphatic carbocycles. The van der Waals surface area contributed by atoms with Gasteiger partial charge < -0.3 is 15.8 Å². The van der Waals surface area contributed by atoms with Gasteiger partial charge in [-0.25, -0.2) is 0 Å². The van der Waals surface area contributed by atoms with Crippen molar-refractivity contribution in [2.75, 3.05) is 33.2 Å². The maximum Gasteiger partial charge on any atom is 0.141 e. The number of likely N-dealkylation sites (N-methyl/N-ethyl adjacent to an activating group) is 1. The second-order valence-corrected chi connectivity index (χ2v) is 5.41. The summed E-state index contributed by atoms with van der Waals surface area (Å²) >= 11 is 0. The third-order valence-electron chi connectivity index (χ3n) is 3.91. The summed E-state index contributed by atoms with van der Waals surface area (Å²) in [7, 11) is 2.16. The molecule has 0 aromatic heterocycles. The molecule has 1 aromatic rings. The van der Waals surface area contributed by atoms with Crippen LogP contribution < -0.4 is 5.73 Å². The van der Waals surface area contributed by atoms with E-state index in [2.05, 4.69) is 34.1 Å². The summed E-state index contributed by atoms with van der Waals surface area (Å²) in [6, 6.07) is 10.5. The lowest BCUT2D eigenvalue weighted by Crippen LogP contribution is -2.35. The van der Waals surface area contributed by atoms with Crippen molar-refractivity contribution in [3.05, 3.63) is 35.9 Å². The zero-order valence-electron chi connectivity index (χ0n) is 12.1. The van der Waals surface area contributed by atoms with E-state index in [1.165, 1.54) is 5.56 Å². The van der Waals surface area contributed by atoms with Gasteiger partial charge in [-0.15, -0.1) is 0 Å². The number of rotatable bonds is 4. The van der Waals surface area contributed by atoms with Crippen LogP contribution in [0.1, 0.15) is 24.4 Å². The van der Waals surface area contributed by atoms with E-state index in [0.29, 0.717) is 6.42 Å². The largest absolute Gasteiger partial charge is 0.409 e. The normalized spacial score (nSPS) is 20.6. The van der Waals surface area contributed by atoms with E-state index >= 15 is 0 Å². The average molecular weight is 276 g/mol. The number of amidine groups is 1. The molecule has 1 fully saturated rings. The molecule has 0 bridgehead atoms. The summed E-state index contributed by atoms with van der Waals surface area (Å²) in [5.74, 6) is 0.288. The van der Waals surface area contributed by atoms with E-state index in [9.17, 15) is 0 Å². The minimum Gasteiger partial charge on any atom is -0.409 e. The van der Waals surface area contributed by atoms with Crippen LogP contribution in [0, 0.1) is 0 Å². The van der Waals surface area contributed by atoms with E-state index < -0.39 is 0 Å². The lowest BCUT2D eigenvalue weighted by atomic mass is 10.0. The van der Waals surface area contributed by atoms with Gasteiger partial charge in [-0.05, 0) is 25.6 Å². The number of nitrogens with zero attached hydrogens (tertiary/aromatic N) is 3. The van der Waals surface area contributed by atoms with Gasteiger partial charge in [0, 0.05) is 32.1 Å². The standard InChI is InChI=1S/C15H24N4O/c1-18-8-5-9-19(11-10-18)14(12-15(16)17-20)13-6-3-2-4-7-13/h2-4,6-7,14,20H,5,8-12H2,1H3,(H2,16,17). The number of hydrogen-bond acceptors (Lipinski definition) is 4. The Kier molecular flexibility index (Phi) is 5.38. The third-order valence-corrected chi connectivity index (χ3v) is 3.91. The Labute approximate surface area is 120 Å². The van der Waals surface area contributed by atoms with Gasteiger partial charge in [0.1, 0.15) is 5.84 Å². The van der Waals surface area contributed by atoms with Gasteiger partial charge in [0.05, 0.1) is 0 Å². The second-order valence-electron chi connectivity index (χ2n) is 5.41. The SMILES string of the molecule is CN1CCCN(C(CC(N)=NO)c2ccccc2)CC1. The quantitative estimate of drug-likeness (QED) is 0.378. The Hall–Kier alpha value is -1.59. The van der Waals surface area contributed by atoms with E-state index in [4.69, 9.17) is 10.9 Å². The summed E-state index contributed by atoms with van der Waals surface area (Å²) < 4.78 is 0. The monoisotopic (exact) mass is 276 g/mol. The van der Waals surface area contributed by atoms with Crippen LogP contribution in [0.25, 0.3) is 0 Å². The summed E-state index contributed by atoms with van der Waals surface area (Å²) in [4.78, 5) is 4.79. The molecule has 5 heteroatoms. The van der Waals surface area contributed by atoms with Crippen molar-refractivity contribution < 1.29 is 5.21 Å². The Morgan fingerprint density at radius 3 is 2.70 bits per heavy atom. The van der Waals surface area contributed by atoms with Gasteiger partial charge in [-0.2, -0.15) is 0 Å². The van der Waals surface area contributed by atoms with Crippen LogP contribution in [-0.2, 0) is 0 Å². The lowest BCUT2D eigenvalue weighted by molar-refractivity contribution is 0.206. The molecule has 110 valence electrons. The molecule has 1 aliphatic heterocycles. The first-order chi connectivity index (χ1) is 9.70. The molecule has 5 nitrogen and oxygen atoms in total. The van der Waals surface area contributed by atoms with Crippen LogP contribution in [0.15, 0.2) is 35.5 Å². The summed E-state index contributed by atoms with van der Waals surface area (Å²) in [5.41, 5.74) is 6.97. The number of oxime groups is 1. The highest BCUT2D eigenvalue weighted by molar-refractivity contribution is 5.80. The molecule has 3 N–H and O–H groups in total. The van der Waals surface area contributed by atoms with Gasteiger partial charge in [-0.3, -0.25) is 4.90 Å². The van der Waals surface area contributed by atoms with Crippen LogP contribution in [0.2, 0.25) is 0 Å². The van der Waals surface area contributed by atoms with Crippen molar-refractivity contribution in [3.8, 4) is 0 Å². The van der Waals surface area contributed by atoms with Crippen LogP contribution in [-0.4, -0.2) is 54.1 Å². The first kappa shape index (κ1) is 14.8. The first-order valence-electron chi connectivity index (χ1n) is 7.14. The van der Waals surface area contributed by atoms with Crippen LogP contribution in [0.4, 0.5) is 0 Å². The van der Waals surface area contributed by atoms with Crippen molar-refractivity contribution in [2.24, 2.45) is 10.9 Å². The zero-order valence-corrected chi connectivity index (χ0v) is 12.1. The van der Waals surface area contributed by atoms with Crippen LogP contribution in [0.3, 0.4) is 0 Å². The predicted molar refractivity (Wildman–Crippen MR) is 80.9 cm³/mol. The molecule has 1 aliphatic rings. The van der Waals surface area contributed by atoms with Crippen molar-refractivity contribution >= 4 is 5.84 Å². The molecular weight excluding hydrogens is 252 g/mol. The van der Waals surface area contributed by atoms with Gasteiger partial charge in [0.25, 0.3) is 0 Å². The molecule has 0 spiro atoms. The molecule has 1 heterocycles. The molecule has 1 saturated heterocycles. The van der Waals surface area contributed by atoms with Crippen molar-refractivity contribution in [1.82, 2.24) is 9.80 Å². The van der Waals surface area contributed by atoms with E-state index in [-0.39, 0.29) is 11.9 Å². The maximum absolute atomic E-state index is 8.86. The van der Waals surface area contributed by atoms with Gasteiger partial charge in [-0.1, -0.05) is 35.5 Å². The summed E-state index contributed by atoms with van der Waals surface area (Å²) in [6.07, 6.45) is 1.71. The molecule has 0 radical (unpaired) electrons. The predicted octanol–water partition coefficient (Wildman–Crippen LogP) is 1.50. The van der Waals surface area contributed by atoms with E-state index in [0.717, 1.165) is 32.6 Å². The maximum atomic E-state index is 8.86. The van der Waals surface area contributed by atoms with Gasteiger partial charge in [0.2, 0.25) is 0 Å². The third kappa shape index (κ3) is 3.95. The lowest BCUT2D eigenvalue weighted by Gasteiger charge is -2.30. The molecule has 20 heavy (non-hydrogen) atoms. The van der Waals surface area contributed by atoms with Crippen molar-refractivity contribution in [1.29, 1.82) is 0 Å². The minimum atomic E-state index is 0.179. The Balaban J connectivity index is 2.17. The second kappa shape index (κ2) is 7.26. The van der Waals surface area contributed by atoms with E-state index in [1.807, 2.05) is 18.2 Å². The van der Waals surface area contributed by atoms with Crippen LogP contribution in [0.5, 0.6) is 0 Å². The Morgan fingerprint density at radius 1 is 1.25 bits per heavy atom. The Bertz CT molecular complexity index is 435. The highest BCUT2D eigenvalue weighted by Crippen LogP contribution is 2.25. The van der Waals surface area contributed by atoms with Gasteiger partial charge in [0.15, 0.2) is 0 Å². The highest BCUT2D eigenvalue weighted by Gasteiger charge is 2.23. The molecular formula is C15H24N4O. The number of hydrogen-bond donors (Lipinski definition) is 2. The topological polar surface area (TPSA) is 65.1 Å². The fourth-order valence-corrected chi connectivity index (χ4v) is 2.75.